The van der Waals surface area contributed by atoms with Crippen LogP contribution >= 0.6 is 23.1 Å². The van der Waals surface area contributed by atoms with Crippen LogP contribution in [0.4, 0.5) is 0 Å². The Morgan fingerprint density at radius 2 is 2.07 bits per heavy atom. The SMILES string of the molecule is CCOC(=O)Cc1csc(SCC(=O)c2cc(C)n(-c3cc(C)on3)c2C)n1. The van der Waals surface area contributed by atoms with Crippen LogP contribution in [0.25, 0.3) is 5.82 Å². The van der Waals surface area contributed by atoms with Crippen molar-refractivity contribution in [2.75, 3.05) is 12.4 Å². The van der Waals surface area contributed by atoms with Crippen molar-refractivity contribution in [3.8, 4) is 5.82 Å². The standard InChI is InChI=1S/C19H21N3O4S2/c1-5-25-18(24)8-14-9-27-19(20-14)28-10-16(23)15-6-11(2)22(13(15)4)17-7-12(3)26-21-17/h6-7,9H,5,8,10H2,1-4H3. The first-order valence-corrected chi connectivity index (χ1v) is 10.6. The molecule has 0 N–H and O–H groups in total. The number of thiazole rings is 1. The lowest BCUT2D eigenvalue weighted by Crippen LogP contribution is -2.07. The fraction of sp³-hybridized carbons (Fsp3) is 0.368. The molecule has 3 aromatic rings. The molecule has 0 fully saturated rings. The smallest absolute Gasteiger partial charge is 0.311 e. The van der Waals surface area contributed by atoms with Crippen molar-refractivity contribution in [3.63, 3.8) is 0 Å². The van der Waals surface area contributed by atoms with Gasteiger partial charge in [0.25, 0.3) is 0 Å². The van der Waals surface area contributed by atoms with Crippen molar-refractivity contribution >= 4 is 34.9 Å². The molecule has 0 amide bonds. The zero-order valence-electron chi connectivity index (χ0n) is 16.1. The van der Waals surface area contributed by atoms with Gasteiger partial charge in [0.05, 0.1) is 24.5 Å². The minimum absolute atomic E-state index is 0.0201. The summed E-state index contributed by atoms with van der Waals surface area (Å²) in [6, 6.07) is 3.71. The van der Waals surface area contributed by atoms with Crippen LogP contribution in [-0.4, -0.2) is 38.8 Å². The summed E-state index contributed by atoms with van der Waals surface area (Å²) in [6.07, 6.45) is 0.150. The molecule has 7 nitrogen and oxygen atoms in total. The third kappa shape index (κ3) is 4.53. The van der Waals surface area contributed by atoms with Gasteiger partial charge < -0.3 is 9.26 Å². The Morgan fingerprint density at radius 1 is 1.29 bits per heavy atom. The number of nitrogens with zero attached hydrogens (tertiary/aromatic N) is 3. The highest BCUT2D eigenvalue weighted by molar-refractivity contribution is 8.01. The number of aryl methyl sites for hydroxylation is 2. The summed E-state index contributed by atoms with van der Waals surface area (Å²) < 4.78 is 12.7. The minimum Gasteiger partial charge on any atom is -0.466 e. The largest absolute Gasteiger partial charge is 0.466 e. The van der Waals surface area contributed by atoms with Gasteiger partial charge in [-0.2, -0.15) is 0 Å². The molecule has 0 saturated carbocycles. The molecule has 0 aliphatic heterocycles. The summed E-state index contributed by atoms with van der Waals surface area (Å²) in [5.74, 6) is 1.38. The Kier molecular flexibility index (Phi) is 6.35. The molecule has 148 valence electrons. The first kappa shape index (κ1) is 20.3. The lowest BCUT2D eigenvalue weighted by Gasteiger charge is -2.04. The Morgan fingerprint density at radius 3 is 2.75 bits per heavy atom. The topological polar surface area (TPSA) is 87.2 Å². The van der Waals surface area contributed by atoms with E-state index >= 15 is 0 Å². The number of hydrogen-bond acceptors (Lipinski definition) is 8. The molecule has 0 aliphatic carbocycles. The van der Waals surface area contributed by atoms with Crippen LogP contribution in [-0.2, 0) is 16.0 Å². The molecule has 0 aromatic carbocycles. The molecule has 28 heavy (non-hydrogen) atoms. The molecule has 3 heterocycles. The first-order valence-electron chi connectivity index (χ1n) is 8.77. The molecular formula is C19H21N3O4S2. The molecule has 0 saturated heterocycles. The third-order valence-electron chi connectivity index (χ3n) is 4.06. The van der Waals surface area contributed by atoms with Crippen LogP contribution < -0.4 is 0 Å². The average Bonchev–Trinajstić information content (AvgIpc) is 3.33. The number of hydrogen-bond donors (Lipinski definition) is 0. The first-order chi connectivity index (χ1) is 13.4. The molecule has 0 spiro atoms. The number of carbonyl (C=O) groups is 2. The third-order valence-corrected chi connectivity index (χ3v) is 6.13. The Labute approximate surface area is 171 Å². The Bertz CT molecular complexity index is 1000. The molecule has 3 rings (SSSR count). The lowest BCUT2D eigenvalue weighted by atomic mass is 10.2. The van der Waals surface area contributed by atoms with Gasteiger partial charge >= 0.3 is 5.97 Å². The van der Waals surface area contributed by atoms with Crippen molar-refractivity contribution in [1.82, 2.24) is 14.7 Å². The maximum Gasteiger partial charge on any atom is 0.311 e. The van der Waals surface area contributed by atoms with Gasteiger partial charge in [0.1, 0.15) is 5.76 Å². The minimum atomic E-state index is -0.295. The molecule has 3 aromatic heterocycles. The quantitative estimate of drug-likeness (QED) is 0.311. The molecule has 0 atom stereocenters. The van der Waals surface area contributed by atoms with Crippen LogP contribution in [0, 0.1) is 20.8 Å². The van der Waals surface area contributed by atoms with Gasteiger partial charge in [0.15, 0.2) is 15.9 Å². The number of Topliss-reactive ketones (excluding diaryl/α,β-unsaturated/α-hetero) is 1. The van der Waals surface area contributed by atoms with E-state index in [0.29, 0.717) is 29.4 Å². The normalized spacial score (nSPS) is 11.0. The van der Waals surface area contributed by atoms with Crippen LogP contribution in [0.3, 0.4) is 0 Å². The maximum absolute atomic E-state index is 12.7. The van der Waals surface area contributed by atoms with Gasteiger partial charge in [0.2, 0.25) is 0 Å². The summed E-state index contributed by atoms with van der Waals surface area (Å²) >= 11 is 2.79. The van der Waals surface area contributed by atoms with Crippen molar-refractivity contribution in [2.45, 2.75) is 38.5 Å². The number of rotatable bonds is 8. The molecular weight excluding hydrogens is 398 g/mol. The summed E-state index contributed by atoms with van der Waals surface area (Å²) in [5, 5.41) is 5.86. The van der Waals surface area contributed by atoms with Gasteiger partial charge in [-0.25, -0.2) is 4.98 Å². The van der Waals surface area contributed by atoms with Gasteiger partial charge in [0, 0.05) is 28.4 Å². The van der Waals surface area contributed by atoms with Gasteiger partial charge in [-0.15, -0.1) is 11.3 Å². The van der Waals surface area contributed by atoms with Crippen molar-refractivity contribution < 1.29 is 18.8 Å². The molecule has 0 radical (unpaired) electrons. The van der Waals surface area contributed by atoms with E-state index in [1.807, 2.05) is 42.9 Å². The molecule has 0 aliphatic rings. The second-order valence-electron chi connectivity index (χ2n) is 6.21. The number of ketones is 1. The monoisotopic (exact) mass is 419 g/mol. The fourth-order valence-corrected chi connectivity index (χ4v) is 4.59. The van der Waals surface area contributed by atoms with Gasteiger partial charge in [-0.3, -0.25) is 14.2 Å². The van der Waals surface area contributed by atoms with Crippen LogP contribution in [0.2, 0.25) is 0 Å². The zero-order chi connectivity index (χ0) is 20.3. The number of esters is 1. The van der Waals surface area contributed by atoms with E-state index in [-0.39, 0.29) is 23.9 Å². The van der Waals surface area contributed by atoms with E-state index in [1.165, 1.54) is 23.1 Å². The number of carbonyl (C=O) groups excluding carboxylic acids is 2. The van der Waals surface area contributed by atoms with Gasteiger partial charge in [-0.05, 0) is 33.8 Å². The highest BCUT2D eigenvalue weighted by Crippen LogP contribution is 2.26. The second-order valence-corrected chi connectivity index (χ2v) is 8.29. The molecule has 9 heteroatoms. The molecule has 0 unspecified atom stereocenters. The maximum atomic E-state index is 12.7. The predicted molar refractivity (Wildman–Crippen MR) is 108 cm³/mol. The summed E-state index contributed by atoms with van der Waals surface area (Å²) in [7, 11) is 0. The van der Waals surface area contributed by atoms with Gasteiger partial charge in [-0.1, -0.05) is 16.9 Å². The zero-order valence-corrected chi connectivity index (χ0v) is 17.8. The van der Waals surface area contributed by atoms with Crippen LogP contribution in [0.15, 0.2) is 26.4 Å². The van der Waals surface area contributed by atoms with E-state index < -0.39 is 0 Å². The van der Waals surface area contributed by atoms with E-state index in [0.717, 1.165) is 15.7 Å². The van der Waals surface area contributed by atoms with Crippen molar-refractivity contribution in [2.24, 2.45) is 0 Å². The number of thioether (sulfide) groups is 1. The highest BCUT2D eigenvalue weighted by atomic mass is 32.2. The van der Waals surface area contributed by atoms with E-state index in [9.17, 15) is 9.59 Å². The summed E-state index contributed by atoms with van der Waals surface area (Å²) in [5.41, 5.74) is 3.08. The molecule has 0 bridgehead atoms. The second kappa shape index (κ2) is 8.74. The Balaban J connectivity index is 1.66. The van der Waals surface area contributed by atoms with Crippen molar-refractivity contribution in [3.05, 3.63) is 45.9 Å². The fourth-order valence-electron chi connectivity index (χ4n) is 2.86. The van der Waals surface area contributed by atoms with E-state index in [1.54, 1.807) is 6.92 Å². The van der Waals surface area contributed by atoms with Crippen molar-refractivity contribution in [1.29, 1.82) is 0 Å². The average molecular weight is 420 g/mol. The van der Waals surface area contributed by atoms with E-state index in [4.69, 9.17) is 9.26 Å². The number of ether oxygens (including phenoxy) is 1. The highest BCUT2D eigenvalue weighted by Gasteiger charge is 2.19. The predicted octanol–water partition coefficient (Wildman–Crippen LogP) is 3.93. The van der Waals surface area contributed by atoms with E-state index in [2.05, 4.69) is 10.1 Å². The lowest BCUT2D eigenvalue weighted by molar-refractivity contribution is -0.142. The summed E-state index contributed by atoms with van der Waals surface area (Å²) in [4.78, 5) is 28.7. The Hall–Kier alpha value is -2.39. The summed E-state index contributed by atoms with van der Waals surface area (Å²) in [6.45, 7) is 7.79. The number of aromatic nitrogens is 3. The van der Waals surface area contributed by atoms with Crippen LogP contribution in [0.1, 0.15) is 40.1 Å². The van der Waals surface area contributed by atoms with Crippen LogP contribution in [0.5, 0.6) is 0 Å².